The molecule has 0 spiro atoms. The molecule has 3 aromatic heterocycles. The normalized spacial score (nSPS) is 11.0. The molecule has 3 aromatic rings. The molecule has 0 bridgehead atoms. The molecule has 18 heavy (non-hydrogen) atoms. The molecule has 7 nitrogen and oxygen atoms in total. The summed E-state index contributed by atoms with van der Waals surface area (Å²) in [5.41, 5.74) is 1.78. The zero-order valence-corrected chi connectivity index (χ0v) is 10.2. The van der Waals surface area contributed by atoms with Crippen LogP contribution in [0.25, 0.3) is 11.0 Å². The Balaban J connectivity index is 1.86. The van der Waals surface area contributed by atoms with E-state index in [-0.39, 0.29) is 0 Å². The zero-order chi connectivity index (χ0) is 12.5. The van der Waals surface area contributed by atoms with E-state index in [1.54, 1.807) is 15.6 Å². The zero-order valence-electron chi connectivity index (χ0n) is 10.2. The summed E-state index contributed by atoms with van der Waals surface area (Å²) in [5, 5.41) is 12.6. The van der Waals surface area contributed by atoms with Crippen LogP contribution in [0.15, 0.2) is 24.8 Å². The molecule has 92 valence electrons. The van der Waals surface area contributed by atoms with Crippen LogP contribution in [0.2, 0.25) is 0 Å². The highest BCUT2D eigenvalue weighted by atomic mass is 15.3. The maximum absolute atomic E-state index is 4.30. The number of nitrogens with zero attached hydrogens (tertiary/aromatic N) is 6. The lowest BCUT2D eigenvalue weighted by atomic mass is 10.3. The molecule has 0 saturated heterocycles. The first-order chi connectivity index (χ1) is 8.74. The van der Waals surface area contributed by atoms with E-state index in [2.05, 4.69) is 25.5 Å². The van der Waals surface area contributed by atoms with Crippen LogP contribution in [0, 0.1) is 0 Å². The Bertz CT molecular complexity index is 682. The third kappa shape index (κ3) is 1.79. The fraction of sp³-hybridized carbons (Fsp3) is 0.273. The average Bonchev–Trinajstić information content (AvgIpc) is 2.94. The van der Waals surface area contributed by atoms with E-state index in [1.165, 1.54) is 6.33 Å². The predicted molar refractivity (Wildman–Crippen MR) is 66.8 cm³/mol. The third-order valence-corrected chi connectivity index (χ3v) is 2.74. The lowest BCUT2D eigenvalue weighted by Crippen LogP contribution is -2.03. The van der Waals surface area contributed by atoms with Gasteiger partial charge in [-0.1, -0.05) is 0 Å². The summed E-state index contributed by atoms with van der Waals surface area (Å²) < 4.78 is 3.50. The molecule has 0 amide bonds. The van der Waals surface area contributed by atoms with E-state index in [1.807, 2.05) is 26.4 Å². The summed E-state index contributed by atoms with van der Waals surface area (Å²) in [4.78, 5) is 8.42. The van der Waals surface area contributed by atoms with Crippen molar-refractivity contribution in [1.82, 2.24) is 29.5 Å². The summed E-state index contributed by atoms with van der Waals surface area (Å²) >= 11 is 0. The number of aryl methyl sites for hydroxylation is 2. The highest BCUT2D eigenvalue weighted by Crippen LogP contribution is 2.18. The van der Waals surface area contributed by atoms with Crippen LogP contribution < -0.4 is 5.32 Å². The van der Waals surface area contributed by atoms with Gasteiger partial charge in [-0.05, 0) is 6.07 Å². The molecule has 3 rings (SSSR count). The summed E-state index contributed by atoms with van der Waals surface area (Å²) in [6.45, 7) is 0.627. The Labute approximate surface area is 103 Å². The molecule has 0 atom stereocenters. The summed E-state index contributed by atoms with van der Waals surface area (Å²) in [7, 11) is 3.76. The van der Waals surface area contributed by atoms with E-state index in [0.29, 0.717) is 6.54 Å². The molecule has 0 aliphatic rings. The van der Waals surface area contributed by atoms with Gasteiger partial charge < -0.3 is 5.32 Å². The number of fused-ring (bicyclic) bond motifs is 1. The molecule has 0 saturated carbocycles. The number of anilines is 1. The van der Waals surface area contributed by atoms with Gasteiger partial charge in [-0.15, -0.1) is 0 Å². The van der Waals surface area contributed by atoms with E-state index in [9.17, 15) is 0 Å². The van der Waals surface area contributed by atoms with Gasteiger partial charge in [0.05, 0.1) is 23.8 Å². The van der Waals surface area contributed by atoms with Crippen molar-refractivity contribution < 1.29 is 0 Å². The minimum absolute atomic E-state index is 0.627. The maximum Gasteiger partial charge on any atom is 0.163 e. The molecule has 3 heterocycles. The van der Waals surface area contributed by atoms with Gasteiger partial charge >= 0.3 is 0 Å². The first-order valence-electron chi connectivity index (χ1n) is 5.59. The van der Waals surface area contributed by atoms with E-state index < -0.39 is 0 Å². The molecule has 0 aromatic carbocycles. The second-order valence-corrected chi connectivity index (χ2v) is 4.06. The van der Waals surface area contributed by atoms with Crippen molar-refractivity contribution in [3.63, 3.8) is 0 Å². The lowest BCUT2D eigenvalue weighted by Gasteiger charge is -2.04. The van der Waals surface area contributed by atoms with Crippen molar-refractivity contribution in [2.75, 3.05) is 5.32 Å². The minimum Gasteiger partial charge on any atom is -0.364 e. The van der Waals surface area contributed by atoms with Crippen LogP contribution in [0.3, 0.4) is 0 Å². The van der Waals surface area contributed by atoms with Gasteiger partial charge in [-0.2, -0.15) is 10.2 Å². The second-order valence-electron chi connectivity index (χ2n) is 4.06. The van der Waals surface area contributed by atoms with E-state index >= 15 is 0 Å². The molecule has 7 heteroatoms. The highest BCUT2D eigenvalue weighted by molar-refractivity contribution is 5.85. The Kier molecular flexibility index (Phi) is 2.44. The van der Waals surface area contributed by atoms with Crippen LogP contribution in [-0.2, 0) is 20.6 Å². The van der Waals surface area contributed by atoms with Crippen molar-refractivity contribution >= 4 is 16.9 Å². The third-order valence-electron chi connectivity index (χ3n) is 2.74. The molecule has 0 fully saturated rings. The SMILES string of the molecule is Cn1ccc(CNc2ncnc3c2cnn3C)n1. The van der Waals surface area contributed by atoms with Gasteiger partial charge in [-0.3, -0.25) is 9.36 Å². The Morgan fingerprint density at radius 3 is 2.94 bits per heavy atom. The quantitative estimate of drug-likeness (QED) is 0.733. The van der Waals surface area contributed by atoms with Crippen LogP contribution in [0.5, 0.6) is 0 Å². The standard InChI is InChI=1S/C11H13N7/c1-17-4-3-8(16-17)5-12-10-9-6-15-18(2)11(9)14-7-13-10/h3-4,6-7H,5H2,1-2H3,(H,12,13,14). The van der Waals surface area contributed by atoms with Crippen LogP contribution in [-0.4, -0.2) is 29.5 Å². The predicted octanol–water partition coefficient (Wildman–Crippen LogP) is 0.709. The molecule has 1 N–H and O–H groups in total. The van der Waals surface area contributed by atoms with Gasteiger partial charge in [0.2, 0.25) is 0 Å². The van der Waals surface area contributed by atoms with Crippen LogP contribution in [0.4, 0.5) is 5.82 Å². The fourth-order valence-corrected chi connectivity index (χ4v) is 1.83. The Hall–Kier alpha value is -2.44. The van der Waals surface area contributed by atoms with Crippen LogP contribution in [0.1, 0.15) is 5.69 Å². The maximum atomic E-state index is 4.30. The fourth-order valence-electron chi connectivity index (χ4n) is 1.83. The van der Waals surface area contributed by atoms with Gasteiger partial charge in [0, 0.05) is 20.3 Å². The highest BCUT2D eigenvalue weighted by Gasteiger charge is 2.07. The van der Waals surface area contributed by atoms with Gasteiger partial charge in [-0.25, -0.2) is 9.97 Å². The van der Waals surface area contributed by atoms with Crippen molar-refractivity contribution in [3.8, 4) is 0 Å². The molecule has 0 unspecified atom stereocenters. The molecule has 0 aliphatic heterocycles. The van der Waals surface area contributed by atoms with Crippen molar-refractivity contribution in [1.29, 1.82) is 0 Å². The number of aromatic nitrogens is 6. The summed E-state index contributed by atoms with van der Waals surface area (Å²) in [6, 6.07) is 1.97. The topological polar surface area (TPSA) is 73.5 Å². The van der Waals surface area contributed by atoms with E-state index in [4.69, 9.17) is 0 Å². The minimum atomic E-state index is 0.627. The molecule has 0 aliphatic carbocycles. The van der Waals surface area contributed by atoms with Crippen molar-refractivity contribution in [2.24, 2.45) is 14.1 Å². The Morgan fingerprint density at radius 1 is 1.28 bits per heavy atom. The smallest absolute Gasteiger partial charge is 0.163 e. The van der Waals surface area contributed by atoms with E-state index in [0.717, 1.165) is 22.5 Å². The number of rotatable bonds is 3. The molecular weight excluding hydrogens is 230 g/mol. The van der Waals surface area contributed by atoms with Crippen molar-refractivity contribution in [3.05, 3.63) is 30.5 Å². The van der Waals surface area contributed by atoms with Crippen molar-refractivity contribution in [2.45, 2.75) is 6.54 Å². The second kappa shape index (κ2) is 4.10. The van der Waals surface area contributed by atoms with Gasteiger partial charge in [0.1, 0.15) is 12.1 Å². The number of nitrogens with one attached hydrogen (secondary N) is 1. The molecular formula is C11H13N7. The first-order valence-corrected chi connectivity index (χ1v) is 5.59. The number of hydrogen-bond acceptors (Lipinski definition) is 5. The summed E-state index contributed by atoms with van der Waals surface area (Å²) in [5.74, 6) is 0.777. The lowest BCUT2D eigenvalue weighted by molar-refractivity contribution is 0.747. The Morgan fingerprint density at radius 2 is 2.17 bits per heavy atom. The molecule has 0 radical (unpaired) electrons. The van der Waals surface area contributed by atoms with Crippen LogP contribution >= 0.6 is 0 Å². The van der Waals surface area contributed by atoms with Gasteiger partial charge in [0.15, 0.2) is 5.65 Å². The average molecular weight is 243 g/mol. The van der Waals surface area contributed by atoms with Gasteiger partial charge in [0.25, 0.3) is 0 Å². The monoisotopic (exact) mass is 243 g/mol. The first kappa shape index (κ1) is 10.7. The largest absolute Gasteiger partial charge is 0.364 e. The number of hydrogen-bond donors (Lipinski definition) is 1. The summed E-state index contributed by atoms with van der Waals surface area (Å²) in [6.07, 6.45) is 5.21.